The molecule has 7 nitrogen and oxygen atoms in total. The summed E-state index contributed by atoms with van der Waals surface area (Å²) < 4.78 is 13.5. The number of fused-ring (bicyclic) bond motifs is 1. The van der Waals surface area contributed by atoms with Crippen molar-refractivity contribution in [3.63, 3.8) is 0 Å². The Morgan fingerprint density at radius 3 is 2.61 bits per heavy atom. The maximum Gasteiger partial charge on any atom is 0.164 e. The number of methoxy groups -OCH3 is 1. The van der Waals surface area contributed by atoms with Gasteiger partial charge >= 0.3 is 0 Å². The molecule has 0 radical (unpaired) electrons. The third-order valence-electron chi connectivity index (χ3n) is 5.16. The van der Waals surface area contributed by atoms with Gasteiger partial charge in [0.1, 0.15) is 29.3 Å². The largest absolute Gasteiger partial charge is 0.457 e. The molecule has 0 spiro atoms. The van der Waals surface area contributed by atoms with Crippen molar-refractivity contribution in [2.75, 3.05) is 18.6 Å². The number of para-hydroxylation sites is 1. The fraction of sp³-hybridized carbons (Fsp3) is 0.227. The molecule has 0 bridgehead atoms. The van der Waals surface area contributed by atoms with Crippen LogP contribution in [0.15, 0.2) is 60.9 Å². The van der Waals surface area contributed by atoms with E-state index in [-0.39, 0.29) is 6.10 Å². The van der Waals surface area contributed by atoms with Gasteiger partial charge in [-0.25, -0.2) is 14.6 Å². The molecule has 158 valence electrons. The topological polar surface area (TPSA) is 88.1 Å². The summed E-state index contributed by atoms with van der Waals surface area (Å²) in [6, 6.07) is 17.5. The van der Waals surface area contributed by atoms with Crippen LogP contribution in [0.3, 0.4) is 0 Å². The maximum atomic E-state index is 6.24. The van der Waals surface area contributed by atoms with Gasteiger partial charge in [0, 0.05) is 18.4 Å². The van der Waals surface area contributed by atoms with Gasteiger partial charge in [0.25, 0.3) is 0 Å². The first kappa shape index (κ1) is 20.2. The molecule has 9 heteroatoms. The average molecular weight is 452 g/mol. The molecule has 5 rings (SSSR count). The number of nitrogens with two attached hydrogens (primary N) is 1. The summed E-state index contributed by atoms with van der Waals surface area (Å²) in [7, 11) is 5.42. The summed E-state index contributed by atoms with van der Waals surface area (Å²) in [6.07, 6.45) is 1.67. The predicted molar refractivity (Wildman–Crippen MR) is 126 cm³/mol. The highest BCUT2D eigenvalue weighted by molar-refractivity contribution is 8.77. The third kappa shape index (κ3) is 4.08. The van der Waals surface area contributed by atoms with Crippen molar-refractivity contribution in [1.29, 1.82) is 0 Å². The smallest absolute Gasteiger partial charge is 0.164 e. The highest BCUT2D eigenvalue weighted by Crippen LogP contribution is 2.41. The molecule has 2 atom stereocenters. The normalized spacial score (nSPS) is 18.5. The van der Waals surface area contributed by atoms with E-state index >= 15 is 0 Å². The predicted octanol–water partition coefficient (Wildman–Crippen LogP) is 4.65. The van der Waals surface area contributed by atoms with E-state index in [2.05, 4.69) is 9.97 Å². The fourth-order valence-electron chi connectivity index (χ4n) is 3.57. The second-order valence-corrected chi connectivity index (χ2v) is 9.77. The van der Waals surface area contributed by atoms with E-state index in [0.29, 0.717) is 17.6 Å². The van der Waals surface area contributed by atoms with Crippen LogP contribution in [0, 0.1) is 0 Å². The lowest BCUT2D eigenvalue weighted by Crippen LogP contribution is -2.27. The SMILES string of the molecule is CO[C@H]1CSS[C@@H]1Cn1nc(-c2ccc(Oc3ccccc3)cc2)c2c(N)ncnc21. The summed E-state index contributed by atoms with van der Waals surface area (Å²) in [6.45, 7) is 0.693. The second-order valence-electron chi connectivity index (χ2n) is 7.12. The van der Waals surface area contributed by atoms with Crippen LogP contribution < -0.4 is 10.5 Å². The van der Waals surface area contributed by atoms with Crippen molar-refractivity contribution >= 4 is 38.4 Å². The van der Waals surface area contributed by atoms with E-state index in [1.54, 1.807) is 7.11 Å². The second kappa shape index (κ2) is 8.78. The van der Waals surface area contributed by atoms with Crippen LogP contribution in [-0.2, 0) is 11.3 Å². The van der Waals surface area contributed by atoms with Crippen LogP contribution in [0.1, 0.15) is 0 Å². The minimum atomic E-state index is 0.186. The molecule has 2 aromatic carbocycles. The number of hydrogen-bond donors (Lipinski definition) is 1. The molecule has 0 unspecified atom stereocenters. The van der Waals surface area contributed by atoms with Crippen molar-refractivity contribution in [2.45, 2.75) is 17.9 Å². The van der Waals surface area contributed by atoms with Gasteiger partial charge < -0.3 is 15.2 Å². The van der Waals surface area contributed by atoms with Crippen LogP contribution in [0.5, 0.6) is 11.5 Å². The number of aromatic nitrogens is 4. The van der Waals surface area contributed by atoms with Crippen LogP contribution in [0.4, 0.5) is 5.82 Å². The Balaban J connectivity index is 1.48. The minimum Gasteiger partial charge on any atom is -0.457 e. The molecule has 0 aliphatic carbocycles. The van der Waals surface area contributed by atoms with Crippen molar-refractivity contribution in [1.82, 2.24) is 19.7 Å². The van der Waals surface area contributed by atoms with Gasteiger partial charge in [-0.2, -0.15) is 5.10 Å². The molecule has 1 saturated heterocycles. The van der Waals surface area contributed by atoms with Gasteiger partial charge in [0.05, 0.1) is 23.3 Å². The Morgan fingerprint density at radius 2 is 1.84 bits per heavy atom. The minimum absolute atomic E-state index is 0.186. The number of rotatable bonds is 6. The summed E-state index contributed by atoms with van der Waals surface area (Å²) in [5, 5.41) is 5.94. The van der Waals surface area contributed by atoms with Gasteiger partial charge in [-0.15, -0.1) is 0 Å². The lowest BCUT2D eigenvalue weighted by atomic mass is 10.1. The molecule has 0 saturated carbocycles. The molecule has 4 aromatic rings. The number of nitrogens with zero attached hydrogens (tertiary/aromatic N) is 4. The Bertz CT molecular complexity index is 1180. The molecule has 1 fully saturated rings. The van der Waals surface area contributed by atoms with Crippen molar-refractivity contribution in [3.05, 3.63) is 60.9 Å². The Hall–Kier alpha value is -2.75. The molecule has 2 aromatic heterocycles. The zero-order valence-electron chi connectivity index (χ0n) is 16.8. The molecule has 3 heterocycles. The standard InChI is InChI=1S/C22H21N5O2S2/c1-28-17-12-30-31-18(17)11-27-22-19(21(23)24-13-25-22)20(26-27)14-7-9-16(10-8-14)29-15-5-3-2-4-6-15/h2-10,13,17-18H,11-12H2,1H3,(H2,23,24,25)/t17-,18+/m0/s1. The highest BCUT2D eigenvalue weighted by atomic mass is 33.1. The Labute approximate surface area is 187 Å². The summed E-state index contributed by atoms with van der Waals surface area (Å²) >= 11 is 0. The molecule has 2 N–H and O–H groups in total. The number of hydrogen-bond acceptors (Lipinski definition) is 8. The number of ether oxygens (including phenoxy) is 2. The zero-order chi connectivity index (χ0) is 21.2. The molecule has 1 aliphatic heterocycles. The van der Waals surface area contributed by atoms with Crippen molar-refractivity contribution < 1.29 is 9.47 Å². The molecule has 31 heavy (non-hydrogen) atoms. The summed E-state index contributed by atoms with van der Waals surface area (Å²) in [4.78, 5) is 8.68. The van der Waals surface area contributed by atoms with Gasteiger partial charge in [0.15, 0.2) is 5.65 Å². The van der Waals surface area contributed by atoms with E-state index in [0.717, 1.165) is 39.5 Å². The highest BCUT2D eigenvalue weighted by Gasteiger charge is 2.30. The lowest BCUT2D eigenvalue weighted by molar-refractivity contribution is 0.117. The van der Waals surface area contributed by atoms with Crippen LogP contribution in [-0.4, -0.2) is 44.0 Å². The van der Waals surface area contributed by atoms with Crippen molar-refractivity contribution in [3.8, 4) is 22.8 Å². The van der Waals surface area contributed by atoms with Crippen LogP contribution >= 0.6 is 21.6 Å². The summed E-state index contributed by atoms with van der Waals surface area (Å²) in [5.74, 6) is 2.94. The van der Waals surface area contributed by atoms with E-state index in [1.165, 1.54) is 6.33 Å². The first-order chi connectivity index (χ1) is 15.2. The van der Waals surface area contributed by atoms with Gasteiger partial charge in [-0.1, -0.05) is 39.8 Å². The first-order valence-electron chi connectivity index (χ1n) is 9.84. The number of benzene rings is 2. The quantitative estimate of drug-likeness (QED) is 0.424. The Morgan fingerprint density at radius 1 is 1.06 bits per heavy atom. The van der Waals surface area contributed by atoms with Crippen molar-refractivity contribution in [2.24, 2.45) is 0 Å². The molecule has 1 aliphatic rings. The van der Waals surface area contributed by atoms with E-state index in [9.17, 15) is 0 Å². The first-order valence-corrected chi connectivity index (χ1v) is 12.2. The van der Waals surface area contributed by atoms with Crippen LogP contribution in [0.25, 0.3) is 22.3 Å². The number of anilines is 1. The zero-order valence-corrected chi connectivity index (χ0v) is 18.5. The van der Waals surface area contributed by atoms with Gasteiger partial charge in [-0.05, 0) is 36.4 Å². The Kier molecular flexibility index (Phi) is 5.71. The van der Waals surface area contributed by atoms with Gasteiger partial charge in [0.2, 0.25) is 0 Å². The average Bonchev–Trinajstić information content (AvgIpc) is 3.41. The number of nitrogen functional groups attached to an aromatic ring is 1. The monoisotopic (exact) mass is 451 g/mol. The fourth-order valence-corrected chi connectivity index (χ4v) is 6.69. The van der Waals surface area contributed by atoms with Crippen LogP contribution in [0.2, 0.25) is 0 Å². The van der Waals surface area contributed by atoms with E-state index < -0.39 is 0 Å². The molecule has 0 amide bonds. The molecular weight excluding hydrogens is 430 g/mol. The maximum absolute atomic E-state index is 6.24. The molecular formula is C22H21N5O2S2. The summed E-state index contributed by atoms with van der Waals surface area (Å²) in [5.41, 5.74) is 8.67. The van der Waals surface area contributed by atoms with E-state index in [1.807, 2.05) is 80.9 Å². The van der Waals surface area contributed by atoms with Gasteiger partial charge in [-0.3, -0.25) is 0 Å². The van der Waals surface area contributed by atoms with E-state index in [4.69, 9.17) is 20.3 Å². The lowest BCUT2D eigenvalue weighted by Gasteiger charge is -2.16. The third-order valence-corrected chi connectivity index (χ3v) is 8.02.